The molecule has 1 saturated heterocycles. The van der Waals surface area contributed by atoms with Crippen molar-refractivity contribution in [1.82, 2.24) is 0 Å². The molecule has 3 aliphatic rings. The maximum atomic E-state index is 13.6. The maximum Gasteiger partial charge on any atom is 0.415 e. The third-order valence-corrected chi connectivity index (χ3v) is 6.89. The van der Waals surface area contributed by atoms with Crippen LogP contribution in [0.3, 0.4) is 0 Å². The zero-order valence-corrected chi connectivity index (χ0v) is 20.9. The number of anilines is 1. The number of carbonyl (C=O) groups is 2. The van der Waals surface area contributed by atoms with Crippen LogP contribution in [-0.2, 0) is 26.4 Å². The number of nitro groups is 1. The van der Waals surface area contributed by atoms with Crippen LogP contribution in [-0.4, -0.2) is 35.2 Å². The molecular weight excluding hydrogens is 512 g/mol. The van der Waals surface area contributed by atoms with E-state index >= 15 is 0 Å². The minimum Gasteiger partial charge on any atom is -0.444 e. The molecule has 3 aromatic rings. The number of carbonyl (C=O) groups excluding carboxylic acids is 2. The molecule has 2 aliphatic heterocycles. The molecule has 40 heavy (non-hydrogen) atoms. The fraction of sp³-hybridized carbons (Fsp3) is 0.161. The molecule has 0 radical (unpaired) electrons. The molecule has 1 amide bonds. The van der Waals surface area contributed by atoms with E-state index < -0.39 is 40.8 Å². The van der Waals surface area contributed by atoms with Gasteiger partial charge in [-0.3, -0.25) is 15.0 Å². The lowest BCUT2D eigenvalue weighted by atomic mass is 9.81. The number of esters is 1. The SMILES string of the molecule is O=C(O[C@@H]1C#C/C=C\C#C[C@H]2[C@H]3O[C@]31c1ccccc1N2C(=O)OCc1ccccc1[N+](=O)[O-])c1ccccc1. The third-order valence-electron chi connectivity index (χ3n) is 6.89. The van der Waals surface area contributed by atoms with Crippen LogP contribution in [0.5, 0.6) is 0 Å². The van der Waals surface area contributed by atoms with E-state index in [4.69, 9.17) is 14.2 Å². The Labute approximate surface area is 229 Å². The number of nitrogens with zero attached hydrogens (tertiary/aromatic N) is 2. The van der Waals surface area contributed by atoms with Crippen LogP contribution < -0.4 is 4.90 Å². The summed E-state index contributed by atoms with van der Waals surface area (Å²) in [5.74, 6) is 11.3. The lowest BCUT2D eigenvalue weighted by molar-refractivity contribution is -0.385. The second-order valence-corrected chi connectivity index (χ2v) is 9.17. The molecule has 6 rings (SSSR count). The van der Waals surface area contributed by atoms with Crippen LogP contribution in [0.4, 0.5) is 16.2 Å². The van der Waals surface area contributed by atoms with E-state index in [0.29, 0.717) is 16.8 Å². The highest BCUT2D eigenvalue weighted by atomic mass is 16.7. The minimum absolute atomic E-state index is 0.149. The first-order valence-electron chi connectivity index (χ1n) is 12.4. The van der Waals surface area contributed by atoms with Crippen LogP contribution in [0, 0.1) is 33.8 Å². The Hall–Kier alpha value is -5.38. The summed E-state index contributed by atoms with van der Waals surface area (Å²) < 4.78 is 17.8. The topological polar surface area (TPSA) is 112 Å². The van der Waals surface area contributed by atoms with E-state index in [0.717, 1.165) is 0 Å². The van der Waals surface area contributed by atoms with Crippen molar-refractivity contribution < 1.29 is 28.7 Å². The molecule has 2 heterocycles. The highest BCUT2D eigenvalue weighted by Crippen LogP contribution is 2.59. The van der Waals surface area contributed by atoms with Gasteiger partial charge < -0.3 is 14.2 Å². The van der Waals surface area contributed by atoms with Crippen molar-refractivity contribution in [2.24, 2.45) is 0 Å². The fourth-order valence-electron chi connectivity index (χ4n) is 5.03. The standard InChI is InChI=1S/C31H20N2O7/c34-29(21-12-4-3-5-13-21)39-27-19-7-2-1-6-18-26-28-31(27,40-28)23-15-9-11-17-25(23)32(26)30(35)38-20-22-14-8-10-16-24(22)33(36)37/h1-5,8-17,26-28H,20H2/b2-1-/t26-,27+,28+,31-/m0/s1. The molecule has 9 heteroatoms. The maximum absolute atomic E-state index is 13.6. The Balaban J connectivity index is 1.36. The molecule has 1 fully saturated rings. The molecule has 196 valence electrons. The second-order valence-electron chi connectivity index (χ2n) is 9.17. The number of fused-ring (bicyclic) bond motifs is 1. The fourth-order valence-corrected chi connectivity index (χ4v) is 5.03. The van der Waals surface area contributed by atoms with E-state index in [1.54, 1.807) is 66.7 Å². The van der Waals surface area contributed by atoms with E-state index in [1.165, 1.54) is 29.2 Å². The molecule has 0 saturated carbocycles. The number of hydrogen-bond donors (Lipinski definition) is 0. The zero-order valence-electron chi connectivity index (χ0n) is 20.9. The lowest BCUT2D eigenvalue weighted by Gasteiger charge is -2.36. The minimum atomic E-state index is -1.16. The van der Waals surface area contributed by atoms with Gasteiger partial charge in [0.05, 0.1) is 21.7 Å². The Bertz CT molecular complexity index is 1680. The summed E-state index contributed by atoms with van der Waals surface area (Å²) >= 11 is 0. The summed E-state index contributed by atoms with van der Waals surface area (Å²) in [6, 6.07) is 20.9. The molecule has 0 spiro atoms. The van der Waals surface area contributed by atoms with E-state index in [2.05, 4.69) is 23.7 Å². The van der Waals surface area contributed by atoms with Crippen LogP contribution in [0.25, 0.3) is 0 Å². The molecule has 0 N–H and O–H groups in total. The molecule has 3 aromatic carbocycles. The Morgan fingerprint density at radius 2 is 1.65 bits per heavy atom. The molecule has 9 nitrogen and oxygen atoms in total. The number of hydrogen-bond acceptors (Lipinski definition) is 7. The van der Waals surface area contributed by atoms with Crippen LogP contribution in [0.15, 0.2) is 91.0 Å². The van der Waals surface area contributed by atoms with Crippen molar-refractivity contribution in [3.8, 4) is 23.7 Å². The van der Waals surface area contributed by atoms with E-state index in [1.807, 2.05) is 0 Å². The van der Waals surface area contributed by atoms with Crippen LogP contribution >= 0.6 is 0 Å². The van der Waals surface area contributed by atoms with Crippen molar-refractivity contribution in [2.75, 3.05) is 4.90 Å². The number of benzene rings is 3. The van der Waals surface area contributed by atoms with Gasteiger partial charge in [0.25, 0.3) is 5.69 Å². The summed E-state index contributed by atoms with van der Waals surface area (Å²) in [5, 5.41) is 11.4. The first-order chi connectivity index (χ1) is 19.5. The number of allylic oxidation sites excluding steroid dienone is 2. The summed E-state index contributed by atoms with van der Waals surface area (Å²) in [5.41, 5.74) is 0.357. The smallest absolute Gasteiger partial charge is 0.415 e. The van der Waals surface area contributed by atoms with Gasteiger partial charge in [-0.05, 0) is 36.4 Å². The molecule has 0 unspecified atom stereocenters. The van der Waals surface area contributed by atoms with Gasteiger partial charge in [-0.15, -0.1) is 0 Å². The first-order valence-corrected chi connectivity index (χ1v) is 12.4. The average Bonchev–Trinajstić information content (AvgIpc) is 3.74. The van der Waals surface area contributed by atoms with Gasteiger partial charge in [-0.1, -0.05) is 72.2 Å². The van der Waals surface area contributed by atoms with Gasteiger partial charge in [0.2, 0.25) is 0 Å². The average molecular weight is 533 g/mol. The van der Waals surface area contributed by atoms with E-state index in [9.17, 15) is 19.7 Å². The molecule has 4 atom stereocenters. The third kappa shape index (κ3) is 4.25. The zero-order chi connectivity index (χ0) is 27.7. The predicted octanol–water partition coefficient (Wildman–Crippen LogP) is 4.52. The van der Waals surface area contributed by atoms with Crippen LogP contribution in [0.2, 0.25) is 0 Å². The summed E-state index contributed by atoms with van der Waals surface area (Å²) in [7, 11) is 0. The van der Waals surface area contributed by atoms with Crippen molar-refractivity contribution in [3.63, 3.8) is 0 Å². The van der Waals surface area contributed by atoms with Gasteiger partial charge in [0.1, 0.15) is 18.8 Å². The van der Waals surface area contributed by atoms with Gasteiger partial charge >= 0.3 is 12.1 Å². The van der Waals surface area contributed by atoms with Crippen molar-refractivity contribution in [2.45, 2.75) is 30.5 Å². The highest BCUT2D eigenvalue weighted by Gasteiger charge is 2.72. The number of para-hydroxylation sites is 2. The summed E-state index contributed by atoms with van der Waals surface area (Å²) in [4.78, 5) is 38.9. The highest BCUT2D eigenvalue weighted by molar-refractivity contribution is 5.93. The number of ether oxygens (including phenoxy) is 3. The predicted molar refractivity (Wildman–Crippen MR) is 143 cm³/mol. The van der Waals surface area contributed by atoms with Crippen LogP contribution in [0.1, 0.15) is 21.5 Å². The van der Waals surface area contributed by atoms with Gasteiger partial charge in [-0.25, -0.2) is 9.59 Å². The van der Waals surface area contributed by atoms with Crippen molar-refractivity contribution in [1.29, 1.82) is 0 Å². The summed E-state index contributed by atoms with van der Waals surface area (Å²) in [6.07, 6.45) is 0.648. The molecular formula is C31H20N2O7. The van der Waals surface area contributed by atoms with E-state index in [-0.39, 0.29) is 17.9 Å². The quantitative estimate of drug-likeness (QED) is 0.156. The Morgan fingerprint density at radius 1 is 0.950 bits per heavy atom. The number of nitro benzene ring substituents is 1. The largest absolute Gasteiger partial charge is 0.444 e. The first kappa shape index (κ1) is 24.9. The molecule has 1 aliphatic carbocycles. The number of amides is 1. The number of rotatable bonds is 5. The molecule has 0 aromatic heterocycles. The monoisotopic (exact) mass is 532 g/mol. The molecule has 2 bridgehead atoms. The Kier molecular flexibility index (Phi) is 6.27. The van der Waals surface area contributed by atoms with Gasteiger partial charge in [-0.2, -0.15) is 0 Å². The van der Waals surface area contributed by atoms with Crippen molar-refractivity contribution >= 4 is 23.4 Å². The summed E-state index contributed by atoms with van der Waals surface area (Å²) in [6.45, 7) is -0.311. The van der Waals surface area contributed by atoms with Gasteiger partial charge in [0, 0.05) is 11.6 Å². The Morgan fingerprint density at radius 3 is 2.45 bits per heavy atom. The second kappa shape index (κ2) is 10.1. The number of epoxide rings is 1. The normalized spacial score (nSPS) is 23.9. The van der Waals surface area contributed by atoms with Gasteiger partial charge in [0.15, 0.2) is 11.7 Å². The lowest BCUT2D eigenvalue weighted by Crippen LogP contribution is -2.51. The van der Waals surface area contributed by atoms with Crippen molar-refractivity contribution in [3.05, 3.63) is 118 Å².